The summed E-state index contributed by atoms with van der Waals surface area (Å²) in [5.41, 5.74) is 6.88. The van der Waals surface area contributed by atoms with Crippen molar-refractivity contribution in [3.05, 3.63) is 35.4 Å². The van der Waals surface area contributed by atoms with Crippen molar-refractivity contribution >= 4 is 11.9 Å². The highest BCUT2D eigenvalue weighted by Gasteiger charge is 2.19. The van der Waals surface area contributed by atoms with E-state index >= 15 is 0 Å². The third-order valence-electron chi connectivity index (χ3n) is 4.98. The van der Waals surface area contributed by atoms with Crippen LogP contribution in [0.4, 0.5) is 0 Å². The van der Waals surface area contributed by atoms with E-state index in [-0.39, 0.29) is 0 Å². The number of morpholine rings is 1. The summed E-state index contributed by atoms with van der Waals surface area (Å²) in [5.74, 6) is 1.33. The Morgan fingerprint density at radius 2 is 1.88 bits per heavy atom. The van der Waals surface area contributed by atoms with Crippen molar-refractivity contribution in [2.45, 2.75) is 32.2 Å². The van der Waals surface area contributed by atoms with Gasteiger partial charge < -0.3 is 20.7 Å². The summed E-state index contributed by atoms with van der Waals surface area (Å²) < 4.78 is 5.46. The first kappa shape index (κ1) is 17.7. The van der Waals surface area contributed by atoms with Crippen molar-refractivity contribution in [3.63, 3.8) is 0 Å². The van der Waals surface area contributed by atoms with E-state index in [2.05, 4.69) is 10.2 Å². The Balaban J connectivity index is 1.63. The summed E-state index contributed by atoms with van der Waals surface area (Å²) in [6.45, 7) is 4.82. The fourth-order valence-electron chi connectivity index (χ4n) is 3.43. The van der Waals surface area contributed by atoms with Crippen LogP contribution in [-0.4, -0.2) is 49.6 Å². The lowest BCUT2D eigenvalue weighted by Gasteiger charge is -2.31. The van der Waals surface area contributed by atoms with Crippen LogP contribution in [0.2, 0.25) is 0 Å². The number of guanidine groups is 1. The molecule has 0 aromatic heterocycles. The molecule has 3 rings (SSSR count). The average Bonchev–Trinajstić information content (AvgIpc) is 3.16. The number of carbonyl (C=O) groups is 1. The normalized spacial score (nSPS) is 19.2. The van der Waals surface area contributed by atoms with E-state index in [9.17, 15) is 4.79 Å². The van der Waals surface area contributed by atoms with Gasteiger partial charge in [-0.25, -0.2) is 4.99 Å². The summed E-state index contributed by atoms with van der Waals surface area (Å²) >= 11 is 0. The van der Waals surface area contributed by atoms with Crippen LogP contribution in [0.3, 0.4) is 0 Å². The summed E-state index contributed by atoms with van der Waals surface area (Å²) in [6.07, 6.45) is 5.33. The largest absolute Gasteiger partial charge is 0.378 e. The van der Waals surface area contributed by atoms with Gasteiger partial charge in [-0.1, -0.05) is 25.0 Å². The first-order valence-corrected chi connectivity index (χ1v) is 9.22. The quantitative estimate of drug-likeness (QED) is 0.630. The van der Waals surface area contributed by atoms with E-state index < -0.39 is 5.91 Å². The number of carbonyl (C=O) groups excluding carboxylic acids is 1. The molecule has 1 amide bonds. The molecular formula is C19H28N4O2. The van der Waals surface area contributed by atoms with Crippen LogP contribution in [0.15, 0.2) is 29.3 Å². The summed E-state index contributed by atoms with van der Waals surface area (Å²) in [6, 6.07) is 7.34. The highest BCUT2D eigenvalue weighted by molar-refractivity contribution is 5.92. The van der Waals surface area contributed by atoms with Crippen molar-refractivity contribution in [2.24, 2.45) is 16.6 Å². The third kappa shape index (κ3) is 5.19. The van der Waals surface area contributed by atoms with Crippen molar-refractivity contribution < 1.29 is 9.53 Å². The fourth-order valence-corrected chi connectivity index (χ4v) is 3.43. The number of nitrogens with two attached hydrogens (primary N) is 1. The molecule has 0 bridgehead atoms. The molecule has 1 heterocycles. The molecule has 136 valence electrons. The topological polar surface area (TPSA) is 80.0 Å². The fraction of sp³-hybridized carbons (Fsp3) is 0.579. The maximum Gasteiger partial charge on any atom is 0.248 e. The van der Waals surface area contributed by atoms with Gasteiger partial charge in [0.05, 0.1) is 19.8 Å². The molecule has 1 aromatic rings. The van der Waals surface area contributed by atoms with Crippen LogP contribution in [0.5, 0.6) is 0 Å². The van der Waals surface area contributed by atoms with Gasteiger partial charge in [0, 0.05) is 25.2 Å². The van der Waals surface area contributed by atoms with Gasteiger partial charge in [0.1, 0.15) is 0 Å². The molecule has 2 fully saturated rings. The van der Waals surface area contributed by atoms with Gasteiger partial charge in [0.25, 0.3) is 0 Å². The molecule has 0 atom stereocenters. The molecule has 6 nitrogen and oxygen atoms in total. The number of nitrogens with zero attached hydrogens (tertiary/aromatic N) is 2. The summed E-state index contributed by atoms with van der Waals surface area (Å²) in [5, 5.41) is 3.58. The number of nitrogens with one attached hydrogen (secondary N) is 1. The molecule has 6 heteroatoms. The van der Waals surface area contributed by atoms with E-state index in [1.165, 1.54) is 25.7 Å². The highest BCUT2D eigenvalue weighted by atomic mass is 16.5. The van der Waals surface area contributed by atoms with E-state index in [1.807, 2.05) is 12.1 Å². The predicted octanol–water partition coefficient (Wildman–Crippen LogP) is 1.75. The van der Waals surface area contributed by atoms with Crippen molar-refractivity contribution in [1.29, 1.82) is 0 Å². The van der Waals surface area contributed by atoms with Gasteiger partial charge in [-0.3, -0.25) is 4.79 Å². The van der Waals surface area contributed by atoms with Crippen LogP contribution in [-0.2, 0) is 11.3 Å². The minimum Gasteiger partial charge on any atom is -0.378 e. The van der Waals surface area contributed by atoms with Gasteiger partial charge in [0.15, 0.2) is 5.96 Å². The molecule has 0 radical (unpaired) electrons. The number of ether oxygens (including phenoxy) is 1. The molecular weight excluding hydrogens is 316 g/mol. The van der Waals surface area contributed by atoms with E-state index in [0.717, 1.165) is 50.3 Å². The van der Waals surface area contributed by atoms with Crippen LogP contribution in [0, 0.1) is 5.92 Å². The molecule has 1 saturated carbocycles. The van der Waals surface area contributed by atoms with Crippen LogP contribution in [0.25, 0.3) is 0 Å². The number of primary amides is 1. The lowest BCUT2D eigenvalue weighted by atomic mass is 10.1. The zero-order valence-corrected chi connectivity index (χ0v) is 14.7. The lowest BCUT2D eigenvalue weighted by Crippen LogP contribution is -2.48. The smallest absolute Gasteiger partial charge is 0.248 e. The van der Waals surface area contributed by atoms with Crippen LogP contribution < -0.4 is 11.1 Å². The molecule has 25 heavy (non-hydrogen) atoms. The molecule has 3 N–H and O–H groups in total. The number of benzene rings is 1. The minimum absolute atomic E-state index is 0.401. The van der Waals surface area contributed by atoms with E-state index in [0.29, 0.717) is 12.1 Å². The molecule has 1 saturated heterocycles. The molecule has 0 spiro atoms. The number of amides is 1. The Morgan fingerprint density at radius 1 is 1.20 bits per heavy atom. The highest BCUT2D eigenvalue weighted by Crippen LogP contribution is 2.23. The average molecular weight is 344 g/mol. The summed E-state index contributed by atoms with van der Waals surface area (Å²) in [7, 11) is 0. The van der Waals surface area contributed by atoms with Crippen molar-refractivity contribution in [1.82, 2.24) is 10.2 Å². The second-order valence-electron chi connectivity index (χ2n) is 6.83. The Kier molecular flexibility index (Phi) is 6.28. The van der Waals surface area contributed by atoms with Crippen LogP contribution in [0.1, 0.15) is 41.6 Å². The second-order valence-corrected chi connectivity index (χ2v) is 6.83. The van der Waals surface area contributed by atoms with Gasteiger partial charge >= 0.3 is 0 Å². The zero-order valence-electron chi connectivity index (χ0n) is 14.7. The molecule has 2 aliphatic rings. The first-order valence-electron chi connectivity index (χ1n) is 9.22. The van der Waals surface area contributed by atoms with Crippen molar-refractivity contribution in [3.8, 4) is 0 Å². The monoisotopic (exact) mass is 344 g/mol. The van der Waals surface area contributed by atoms with E-state index in [1.54, 1.807) is 12.1 Å². The first-order chi connectivity index (χ1) is 12.2. The SMILES string of the molecule is NC(=O)c1ccc(CN=C(NCC2CCCC2)N2CCOCC2)cc1. The Morgan fingerprint density at radius 3 is 2.52 bits per heavy atom. The number of hydrogen-bond acceptors (Lipinski definition) is 3. The standard InChI is InChI=1S/C19H28N4O2/c20-18(24)17-7-5-16(6-8-17)14-22-19(23-9-11-25-12-10-23)21-13-15-3-1-2-4-15/h5-8,15H,1-4,9-14H2,(H2,20,24)(H,21,22). The molecule has 1 aliphatic heterocycles. The number of hydrogen-bond donors (Lipinski definition) is 2. The maximum absolute atomic E-state index is 11.2. The number of rotatable bonds is 5. The van der Waals surface area contributed by atoms with Gasteiger partial charge in [-0.2, -0.15) is 0 Å². The Labute approximate surface area is 149 Å². The van der Waals surface area contributed by atoms with E-state index in [4.69, 9.17) is 15.5 Å². The third-order valence-corrected chi connectivity index (χ3v) is 4.98. The van der Waals surface area contributed by atoms with Crippen LogP contribution >= 0.6 is 0 Å². The van der Waals surface area contributed by atoms with Gasteiger partial charge in [-0.15, -0.1) is 0 Å². The lowest BCUT2D eigenvalue weighted by molar-refractivity contribution is 0.0663. The Bertz CT molecular complexity index is 588. The maximum atomic E-state index is 11.2. The predicted molar refractivity (Wildman–Crippen MR) is 98.5 cm³/mol. The minimum atomic E-state index is -0.401. The molecule has 1 aromatic carbocycles. The second kappa shape index (κ2) is 8.85. The molecule has 0 unspecified atom stereocenters. The number of aliphatic imine (C=N–C) groups is 1. The Hall–Kier alpha value is -2.08. The molecule has 1 aliphatic carbocycles. The summed E-state index contributed by atoms with van der Waals surface area (Å²) in [4.78, 5) is 18.2. The van der Waals surface area contributed by atoms with Crippen molar-refractivity contribution in [2.75, 3.05) is 32.8 Å². The van der Waals surface area contributed by atoms with Gasteiger partial charge in [-0.05, 0) is 36.5 Å². The zero-order chi connectivity index (χ0) is 17.5. The van der Waals surface area contributed by atoms with Gasteiger partial charge in [0.2, 0.25) is 5.91 Å².